The average Bonchev–Trinajstić information content (AvgIpc) is 2.94. The zero-order valence-electron chi connectivity index (χ0n) is 13.4. The van der Waals surface area contributed by atoms with Crippen LogP contribution in [0.3, 0.4) is 0 Å². The molecule has 10 heteroatoms. The second-order valence-corrected chi connectivity index (χ2v) is 7.06. The number of rotatable bonds is 4. The number of aromatic nitrogens is 2. The molecule has 7 nitrogen and oxygen atoms in total. The van der Waals surface area contributed by atoms with Crippen LogP contribution < -0.4 is 5.32 Å². The lowest BCUT2D eigenvalue weighted by molar-refractivity contribution is -0.194. The van der Waals surface area contributed by atoms with Crippen LogP contribution in [0.1, 0.15) is 20.1 Å². The van der Waals surface area contributed by atoms with Crippen LogP contribution in [0, 0.1) is 0 Å². The lowest BCUT2D eigenvalue weighted by atomic mass is 10.1. The van der Waals surface area contributed by atoms with Crippen molar-refractivity contribution in [2.75, 3.05) is 11.9 Å². The Morgan fingerprint density at radius 3 is 2.60 bits per heavy atom. The van der Waals surface area contributed by atoms with Gasteiger partial charge in [0.25, 0.3) is 5.85 Å². The third kappa shape index (κ3) is 3.07. The Morgan fingerprint density at radius 2 is 2.04 bits per heavy atom. The molecule has 2 heterocycles. The lowest BCUT2D eigenvalue weighted by Crippen LogP contribution is -2.43. The summed E-state index contributed by atoms with van der Waals surface area (Å²) >= 11 is 12.1. The number of hydrogen-bond donors (Lipinski definition) is 4. The Balaban J connectivity index is 2.21. The first kappa shape index (κ1) is 18.6. The van der Waals surface area contributed by atoms with Gasteiger partial charge in [-0.3, -0.25) is 4.57 Å². The summed E-state index contributed by atoms with van der Waals surface area (Å²) in [4.78, 5) is 4.35. The fourth-order valence-corrected chi connectivity index (χ4v) is 3.13. The Kier molecular flexibility index (Phi) is 4.87. The van der Waals surface area contributed by atoms with Crippen LogP contribution in [0.25, 0.3) is 11.0 Å². The fraction of sp³-hybridized carbons (Fsp3) is 0.533. The first-order valence-electron chi connectivity index (χ1n) is 7.66. The molecule has 1 aliphatic rings. The molecule has 2 aromatic rings. The quantitative estimate of drug-likeness (QED) is 0.634. The second kappa shape index (κ2) is 6.53. The van der Waals surface area contributed by atoms with E-state index in [0.29, 0.717) is 11.0 Å². The maximum Gasteiger partial charge on any atom is 0.281 e. The van der Waals surface area contributed by atoms with Crippen LogP contribution in [0.5, 0.6) is 0 Å². The van der Waals surface area contributed by atoms with Crippen molar-refractivity contribution in [2.24, 2.45) is 0 Å². The number of anilines is 1. The topological polar surface area (TPSA) is 99.8 Å². The number of benzene rings is 1. The molecule has 1 aromatic carbocycles. The monoisotopic (exact) mass is 393 g/mol. The predicted molar refractivity (Wildman–Crippen MR) is 91.6 cm³/mol. The molecule has 1 unspecified atom stereocenters. The van der Waals surface area contributed by atoms with E-state index < -0.39 is 30.9 Å². The SMILES string of the molecule is CC(C)Nc1nc2cc(Cl)c(Cl)cc2n1C1O[C@H](CO)[C@@H](O)[C@]1(O)F. The van der Waals surface area contributed by atoms with Crippen molar-refractivity contribution in [1.29, 1.82) is 0 Å². The Bertz CT molecular complexity index is 799. The summed E-state index contributed by atoms with van der Waals surface area (Å²) in [7, 11) is 0. The molecular formula is C15H18Cl2FN3O4. The maximum atomic E-state index is 14.8. The molecule has 4 atom stereocenters. The van der Waals surface area contributed by atoms with Gasteiger partial charge in [-0.2, -0.15) is 0 Å². The Labute approximate surface area is 152 Å². The van der Waals surface area contributed by atoms with E-state index in [-0.39, 0.29) is 22.0 Å². The van der Waals surface area contributed by atoms with Gasteiger partial charge in [0.1, 0.15) is 12.2 Å². The van der Waals surface area contributed by atoms with Gasteiger partial charge in [-0.05, 0) is 26.0 Å². The standard InChI is InChI=1S/C15H18Cl2FN3O4/c1-6(2)19-14-20-9-3-7(16)8(17)4-10(9)21(14)13-15(18,24)12(23)11(5-22)25-13/h3-4,6,11-13,22-24H,5H2,1-2H3,(H,19,20)/t11-,12-,13?,15-/m1/s1. The molecule has 3 rings (SSSR count). The Morgan fingerprint density at radius 1 is 1.40 bits per heavy atom. The van der Waals surface area contributed by atoms with Crippen LogP contribution in [0.4, 0.5) is 10.3 Å². The third-order valence-electron chi connectivity index (χ3n) is 3.98. The van der Waals surface area contributed by atoms with Gasteiger partial charge in [-0.25, -0.2) is 9.37 Å². The largest absolute Gasteiger partial charge is 0.394 e. The summed E-state index contributed by atoms with van der Waals surface area (Å²) in [6, 6.07) is 2.91. The van der Waals surface area contributed by atoms with Crippen molar-refractivity contribution in [1.82, 2.24) is 9.55 Å². The van der Waals surface area contributed by atoms with Crippen molar-refractivity contribution in [3.05, 3.63) is 22.2 Å². The van der Waals surface area contributed by atoms with E-state index >= 15 is 0 Å². The average molecular weight is 394 g/mol. The molecule has 25 heavy (non-hydrogen) atoms. The molecule has 0 bridgehead atoms. The van der Waals surface area contributed by atoms with Crippen molar-refractivity contribution >= 4 is 40.2 Å². The van der Waals surface area contributed by atoms with Gasteiger partial charge in [-0.1, -0.05) is 23.2 Å². The minimum Gasteiger partial charge on any atom is -0.394 e. The number of hydrogen-bond acceptors (Lipinski definition) is 6. The van der Waals surface area contributed by atoms with Gasteiger partial charge in [-0.15, -0.1) is 0 Å². The van der Waals surface area contributed by atoms with Crippen LogP contribution in [0.2, 0.25) is 10.0 Å². The molecule has 4 N–H and O–H groups in total. The predicted octanol–water partition coefficient (Wildman–Crippen LogP) is 2.07. The summed E-state index contributed by atoms with van der Waals surface area (Å²) in [5.74, 6) is -2.93. The molecule has 0 saturated carbocycles. The lowest BCUT2D eigenvalue weighted by Gasteiger charge is -2.25. The third-order valence-corrected chi connectivity index (χ3v) is 4.70. The van der Waals surface area contributed by atoms with Gasteiger partial charge in [0.2, 0.25) is 5.95 Å². The zero-order chi connectivity index (χ0) is 18.5. The van der Waals surface area contributed by atoms with E-state index in [9.17, 15) is 19.7 Å². The highest BCUT2D eigenvalue weighted by atomic mass is 35.5. The Hall–Kier alpha value is -1.16. The first-order chi connectivity index (χ1) is 11.7. The van der Waals surface area contributed by atoms with Crippen molar-refractivity contribution in [3.8, 4) is 0 Å². The van der Waals surface area contributed by atoms with Crippen LogP contribution in [0.15, 0.2) is 12.1 Å². The highest BCUT2D eigenvalue weighted by Crippen LogP contribution is 2.43. The smallest absolute Gasteiger partial charge is 0.281 e. The summed E-state index contributed by atoms with van der Waals surface area (Å²) in [5, 5.41) is 32.8. The summed E-state index contributed by atoms with van der Waals surface area (Å²) in [5.41, 5.74) is 0.753. The van der Waals surface area contributed by atoms with Crippen LogP contribution >= 0.6 is 23.2 Å². The number of nitrogens with one attached hydrogen (secondary N) is 1. The van der Waals surface area contributed by atoms with Crippen LogP contribution in [-0.2, 0) is 4.74 Å². The second-order valence-electron chi connectivity index (χ2n) is 6.24. The molecule has 0 aliphatic carbocycles. The number of aliphatic hydroxyl groups is 3. The van der Waals surface area contributed by atoms with E-state index in [0.717, 1.165) is 0 Å². The highest BCUT2D eigenvalue weighted by Gasteiger charge is 2.58. The summed E-state index contributed by atoms with van der Waals surface area (Å²) in [6.07, 6.45) is -4.84. The van der Waals surface area contributed by atoms with Gasteiger partial charge >= 0.3 is 0 Å². The van der Waals surface area contributed by atoms with E-state index in [1.165, 1.54) is 16.7 Å². The number of imidazole rings is 1. The maximum absolute atomic E-state index is 14.8. The number of ether oxygens (including phenoxy) is 1. The zero-order valence-corrected chi connectivity index (χ0v) is 15.0. The minimum absolute atomic E-state index is 0.0609. The van der Waals surface area contributed by atoms with Crippen LogP contribution in [-0.4, -0.2) is 55.6 Å². The highest BCUT2D eigenvalue weighted by molar-refractivity contribution is 6.42. The minimum atomic E-state index is -3.14. The van der Waals surface area contributed by atoms with Gasteiger partial charge in [0.05, 0.1) is 27.7 Å². The van der Waals surface area contributed by atoms with Crippen molar-refractivity contribution < 1.29 is 24.4 Å². The molecule has 0 radical (unpaired) electrons. The molecule has 1 aromatic heterocycles. The molecule has 1 saturated heterocycles. The molecule has 1 aliphatic heterocycles. The molecule has 0 spiro atoms. The summed E-state index contributed by atoms with van der Waals surface area (Å²) in [6.45, 7) is 3.05. The fourth-order valence-electron chi connectivity index (χ4n) is 2.81. The van der Waals surface area contributed by atoms with E-state index in [4.69, 9.17) is 27.9 Å². The van der Waals surface area contributed by atoms with E-state index in [1.807, 2.05) is 13.8 Å². The molecule has 1 fully saturated rings. The van der Waals surface area contributed by atoms with Gasteiger partial charge < -0.3 is 25.4 Å². The van der Waals surface area contributed by atoms with Gasteiger partial charge in [0.15, 0.2) is 6.23 Å². The number of aliphatic hydroxyl groups excluding tert-OH is 2. The normalized spacial score (nSPS) is 29.7. The molecule has 138 valence electrons. The molecular weight excluding hydrogens is 376 g/mol. The van der Waals surface area contributed by atoms with Crippen molar-refractivity contribution in [2.45, 2.75) is 44.2 Å². The van der Waals surface area contributed by atoms with E-state index in [1.54, 1.807) is 0 Å². The molecule has 0 amide bonds. The van der Waals surface area contributed by atoms with E-state index in [2.05, 4.69) is 10.3 Å². The first-order valence-corrected chi connectivity index (χ1v) is 8.41. The summed E-state index contributed by atoms with van der Waals surface area (Å²) < 4.78 is 21.5. The number of halogens is 3. The number of fused-ring (bicyclic) bond motifs is 1. The van der Waals surface area contributed by atoms with Gasteiger partial charge in [0, 0.05) is 6.04 Å². The van der Waals surface area contributed by atoms with Crippen molar-refractivity contribution in [3.63, 3.8) is 0 Å². The number of nitrogens with zero attached hydrogens (tertiary/aromatic N) is 2. The number of alkyl halides is 1.